The Morgan fingerprint density at radius 2 is 1.88 bits per heavy atom. The van der Waals surface area contributed by atoms with Gasteiger partial charge in [-0.1, -0.05) is 20.8 Å². The molecule has 7 nitrogen and oxygen atoms in total. The number of ether oxygens (including phenoxy) is 2. The first kappa shape index (κ1) is 20.1. The van der Waals surface area contributed by atoms with Crippen molar-refractivity contribution in [3.63, 3.8) is 0 Å². The molecule has 0 fully saturated rings. The molecule has 0 saturated heterocycles. The molecule has 0 spiro atoms. The van der Waals surface area contributed by atoms with Crippen LogP contribution in [0, 0.1) is 10.1 Å². The van der Waals surface area contributed by atoms with Crippen molar-refractivity contribution in [3.8, 4) is 5.75 Å². The number of hydrogen-bond donors (Lipinski definition) is 0. The predicted octanol–water partition coefficient (Wildman–Crippen LogP) is 3.78. The molecule has 0 atom stereocenters. The van der Waals surface area contributed by atoms with Crippen LogP contribution >= 0.6 is 0 Å². The van der Waals surface area contributed by atoms with Crippen LogP contribution in [0.2, 0.25) is 18.1 Å². The standard InChI is InChI=1S/C16H25NO6Si/c1-16(2,3)24(5,6)23-10-9-22-14-11-12(17(19)20)7-8-13(14)15(18)21-4/h7-8,11H,9-10H2,1-6H3. The number of nitrogens with zero attached hydrogens (tertiary/aromatic N) is 1. The monoisotopic (exact) mass is 355 g/mol. The quantitative estimate of drug-likeness (QED) is 0.243. The van der Waals surface area contributed by atoms with Gasteiger partial charge in [0, 0.05) is 6.07 Å². The molecular formula is C16H25NO6Si. The topological polar surface area (TPSA) is 87.9 Å². The summed E-state index contributed by atoms with van der Waals surface area (Å²) < 4.78 is 16.2. The van der Waals surface area contributed by atoms with Gasteiger partial charge in [0.1, 0.15) is 17.9 Å². The maximum absolute atomic E-state index is 11.7. The summed E-state index contributed by atoms with van der Waals surface area (Å²) in [4.78, 5) is 22.1. The Kier molecular flexibility index (Phi) is 6.50. The SMILES string of the molecule is COC(=O)c1ccc([N+](=O)[O-])cc1OCCO[Si](C)(C)C(C)(C)C. The Morgan fingerprint density at radius 1 is 1.25 bits per heavy atom. The predicted molar refractivity (Wildman–Crippen MR) is 93.1 cm³/mol. The summed E-state index contributed by atoms with van der Waals surface area (Å²) in [6.07, 6.45) is 0. The second kappa shape index (κ2) is 7.76. The summed E-state index contributed by atoms with van der Waals surface area (Å²) in [5.41, 5.74) is -0.00149. The van der Waals surface area contributed by atoms with Crippen molar-refractivity contribution in [2.24, 2.45) is 0 Å². The number of non-ortho nitro benzene ring substituents is 1. The summed E-state index contributed by atoms with van der Waals surface area (Å²) in [6, 6.07) is 3.79. The third kappa shape index (κ3) is 5.03. The maximum atomic E-state index is 11.7. The molecule has 1 aromatic rings. The molecule has 0 radical (unpaired) electrons. The van der Waals surface area contributed by atoms with Gasteiger partial charge >= 0.3 is 5.97 Å². The molecule has 0 aliphatic rings. The molecule has 0 amide bonds. The highest BCUT2D eigenvalue weighted by molar-refractivity contribution is 6.74. The van der Waals surface area contributed by atoms with Crippen molar-refractivity contribution in [1.29, 1.82) is 0 Å². The zero-order chi connectivity index (χ0) is 18.5. The molecule has 0 saturated carbocycles. The van der Waals surface area contributed by atoms with Gasteiger partial charge in [-0.2, -0.15) is 0 Å². The second-order valence-electron chi connectivity index (χ2n) is 6.89. The number of methoxy groups -OCH3 is 1. The zero-order valence-corrected chi connectivity index (χ0v) is 16.0. The van der Waals surface area contributed by atoms with Crippen molar-refractivity contribution in [2.45, 2.75) is 38.9 Å². The number of hydrogen-bond acceptors (Lipinski definition) is 6. The first-order valence-electron chi connectivity index (χ1n) is 7.63. The van der Waals surface area contributed by atoms with Crippen molar-refractivity contribution >= 4 is 20.0 Å². The van der Waals surface area contributed by atoms with E-state index in [9.17, 15) is 14.9 Å². The molecule has 134 valence electrons. The van der Waals surface area contributed by atoms with Gasteiger partial charge < -0.3 is 13.9 Å². The van der Waals surface area contributed by atoms with Gasteiger partial charge in [-0.15, -0.1) is 0 Å². The first-order valence-corrected chi connectivity index (χ1v) is 10.5. The Bertz CT molecular complexity index is 609. The van der Waals surface area contributed by atoms with E-state index in [0.29, 0.717) is 6.61 Å². The Balaban J connectivity index is 2.81. The van der Waals surface area contributed by atoms with Crippen LogP contribution in [-0.2, 0) is 9.16 Å². The molecular weight excluding hydrogens is 330 g/mol. The van der Waals surface area contributed by atoms with E-state index >= 15 is 0 Å². The van der Waals surface area contributed by atoms with Gasteiger partial charge in [-0.05, 0) is 24.2 Å². The second-order valence-corrected chi connectivity index (χ2v) is 11.7. The van der Waals surface area contributed by atoms with Gasteiger partial charge in [0.2, 0.25) is 0 Å². The molecule has 0 aliphatic heterocycles. The highest BCUT2D eigenvalue weighted by atomic mass is 28.4. The Labute approximate surface area is 143 Å². The summed E-state index contributed by atoms with van der Waals surface area (Å²) in [6.45, 7) is 11.2. The largest absolute Gasteiger partial charge is 0.490 e. The van der Waals surface area contributed by atoms with Crippen LogP contribution in [0.4, 0.5) is 5.69 Å². The summed E-state index contributed by atoms with van der Waals surface area (Å²) in [5.74, 6) is -0.486. The molecule has 0 unspecified atom stereocenters. The lowest BCUT2D eigenvalue weighted by molar-refractivity contribution is -0.384. The average molecular weight is 355 g/mol. The maximum Gasteiger partial charge on any atom is 0.341 e. The van der Waals surface area contributed by atoms with E-state index < -0.39 is 19.2 Å². The van der Waals surface area contributed by atoms with E-state index in [0.717, 1.165) is 0 Å². The van der Waals surface area contributed by atoms with E-state index in [1.165, 1.54) is 25.3 Å². The molecule has 1 aromatic carbocycles. The summed E-state index contributed by atoms with van der Waals surface area (Å²) in [7, 11) is -0.650. The smallest absolute Gasteiger partial charge is 0.341 e. The molecule has 0 N–H and O–H groups in total. The minimum Gasteiger partial charge on any atom is -0.490 e. The van der Waals surface area contributed by atoms with E-state index in [1.807, 2.05) is 0 Å². The van der Waals surface area contributed by atoms with Crippen LogP contribution < -0.4 is 4.74 Å². The fraction of sp³-hybridized carbons (Fsp3) is 0.562. The minimum absolute atomic E-state index is 0.0791. The number of carbonyl (C=O) groups is 1. The van der Waals surface area contributed by atoms with Gasteiger partial charge in [0.15, 0.2) is 8.32 Å². The summed E-state index contributed by atoms with van der Waals surface area (Å²) in [5, 5.41) is 11.0. The normalized spacial score (nSPS) is 11.9. The lowest BCUT2D eigenvalue weighted by Gasteiger charge is -2.36. The van der Waals surface area contributed by atoms with Gasteiger partial charge in [-0.25, -0.2) is 4.79 Å². The highest BCUT2D eigenvalue weighted by Gasteiger charge is 2.36. The van der Waals surface area contributed by atoms with Crippen molar-refractivity contribution in [2.75, 3.05) is 20.3 Å². The van der Waals surface area contributed by atoms with Gasteiger partial charge in [0.05, 0.1) is 24.7 Å². The van der Waals surface area contributed by atoms with Crippen LogP contribution in [0.25, 0.3) is 0 Å². The van der Waals surface area contributed by atoms with Crippen LogP contribution in [0.15, 0.2) is 18.2 Å². The third-order valence-electron chi connectivity index (χ3n) is 4.19. The van der Waals surface area contributed by atoms with E-state index in [4.69, 9.17) is 9.16 Å². The van der Waals surface area contributed by atoms with Crippen molar-refractivity contribution in [3.05, 3.63) is 33.9 Å². The first-order chi connectivity index (χ1) is 11.0. The van der Waals surface area contributed by atoms with Crippen molar-refractivity contribution in [1.82, 2.24) is 0 Å². The number of esters is 1. The van der Waals surface area contributed by atoms with Gasteiger partial charge in [0.25, 0.3) is 5.69 Å². The zero-order valence-electron chi connectivity index (χ0n) is 15.0. The minimum atomic E-state index is -1.89. The fourth-order valence-corrected chi connectivity index (χ4v) is 2.71. The van der Waals surface area contributed by atoms with Gasteiger partial charge in [-0.3, -0.25) is 10.1 Å². The van der Waals surface area contributed by atoms with Crippen molar-refractivity contribution < 1.29 is 23.6 Å². The lowest BCUT2D eigenvalue weighted by Crippen LogP contribution is -2.41. The Hall–Kier alpha value is -1.93. The van der Waals surface area contributed by atoms with Crippen LogP contribution in [0.1, 0.15) is 31.1 Å². The molecule has 24 heavy (non-hydrogen) atoms. The van der Waals surface area contributed by atoms with Crippen LogP contribution in [0.3, 0.4) is 0 Å². The Morgan fingerprint density at radius 3 is 2.38 bits per heavy atom. The number of nitro benzene ring substituents is 1. The van der Waals surface area contributed by atoms with E-state index in [2.05, 4.69) is 38.6 Å². The molecule has 1 rings (SSSR count). The molecule has 0 heterocycles. The fourth-order valence-electron chi connectivity index (χ4n) is 1.69. The van der Waals surface area contributed by atoms with Crippen LogP contribution in [-0.4, -0.2) is 39.5 Å². The number of carbonyl (C=O) groups excluding carboxylic acids is 1. The molecule has 0 aromatic heterocycles. The molecule has 0 bridgehead atoms. The number of benzene rings is 1. The number of nitro groups is 1. The molecule has 0 aliphatic carbocycles. The van der Waals surface area contributed by atoms with E-state index in [1.54, 1.807) is 0 Å². The highest BCUT2D eigenvalue weighted by Crippen LogP contribution is 2.36. The third-order valence-corrected chi connectivity index (χ3v) is 8.73. The van der Waals surface area contributed by atoms with Crippen LogP contribution in [0.5, 0.6) is 5.75 Å². The van der Waals surface area contributed by atoms with E-state index in [-0.39, 0.29) is 28.6 Å². The average Bonchev–Trinajstić information content (AvgIpc) is 2.49. The lowest BCUT2D eigenvalue weighted by atomic mass is 10.2. The summed E-state index contributed by atoms with van der Waals surface area (Å²) >= 11 is 0. The molecule has 8 heteroatoms. The number of rotatable bonds is 7.